The van der Waals surface area contributed by atoms with E-state index in [4.69, 9.17) is 0 Å². The van der Waals surface area contributed by atoms with E-state index in [2.05, 4.69) is 0 Å². The second kappa shape index (κ2) is 3.05. The largest absolute Gasteiger partial charge is 0.101 e. The third kappa shape index (κ3) is 1.89. The van der Waals surface area contributed by atoms with Crippen molar-refractivity contribution in [2.45, 2.75) is 45.1 Å². The Kier molecular flexibility index (Phi) is 2.47. The Balaban J connectivity index is 2.55. The van der Waals surface area contributed by atoms with E-state index in [-0.39, 0.29) is 0 Å². The second-order valence-corrected chi connectivity index (χ2v) is 3.93. The fourth-order valence-corrected chi connectivity index (χ4v) is 1.94. The Morgan fingerprint density at radius 2 is 2.09 bits per heavy atom. The van der Waals surface area contributed by atoms with Gasteiger partial charge in [0.2, 0.25) is 0 Å². The molecule has 0 aromatic rings. The average Bonchev–Trinajstić information content (AvgIpc) is 1.86. The lowest BCUT2D eigenvalue weighted by molar-refractivity contribution is -0.238. The van der Waals surface area contributed by atoms with E-state index >= 15 is 0 Å². The summed E-state index contributed by atoms with van der Waals surface area (Å²) in [6.45, 7) is 3.68. The minimum Gasteiger partial charge on any atom is -0.101 e. The first kappa shape index (κ1) is 8.91. The van der Waals surface area contributed by atoms with Crippen molar-refractivity contribution in [1.82, 2.24) is 5.34 Å². The zero-order valence-corrected chi connectivity index (χ0v) is 7.11. The van der Waals surface area contributed by atoms with Gasteiger partial charge in [0.1, 0.15) is 0 Å². The highest BCUT2D eigenvalue weighted by molar-refractivity contribution is 4.85. The molecule has 0 heterocycles. The molecule has 11 heavy (non-hydrogen) atoms. The zero-order valence-electron chi connectivity index (χ0n) is 7.11. The highest BCUT2D eigenvalue weighted by Gasteiger charge is 2.37. The summed E-state index contributed by atoms with van der Waals surface area (Å²) < 4.78 is 24.6. The predicted molar refractivity (Wildman–Crippen MR) is 40.1 cm³/mol. The van der Waals surface area contributed by atoms with Crippen LogP contribution in [0.4, 0.5) is 8.96 Å². The van der Waals surface area contributed by atoms with E-state index < -0.39 is 10.9 Å². The zero-order chi connectivity index (χ0) is 8.48. The molecule has 1 nitrogen and oxygen atoms in total. The molecule has 0 aromatic heterocycles. The van der Waals surface area contributed by atoms with E-state index in [0.29, 0.717) is 18.8 Å². The molecule has 3 heteroatoms. The van der Waals surface area contributed by atoms with Gasteiger partial charge in [-0.05, 0) is 25.7 Å². The maximum atomic E-state index is 12.3. The molecule has 1 rings (SSSR count). The summed E-state index contributed by atoms with van der Waals surface area (Å²) in [4.78, 5) is 0. The summed E-state index contributed by atoms with van der Waals surface area (Å²) in [5, 5.41) is -0.608. The molecule has 0 amide bonds. The molecule has 0 radical (unpaired) electrons. The molecule has 1 saturated carbocycles. The first-order valence-electron chi connectivity index (χ1n) is 4.16. The topological polar surface area (TPSA) is 3.24 Å². The number of rotatable bonds is 1. The van der Waals surface area contributed by atoms with Gasteiger partial charge in [-0.2, -0.15) is 0 Å². The molecule has 2 unspecified atom stereocenters. The molecule has 0 aromatic carbocycles. The van der Waals surface area contributed by atoms with Crippen LogP contribution < -0.4 is 0 Å². The van der Waals surface area contributed by atoms with Crippen LogP contribution in [0, 0.1) is 5.92 Å². The van der Waals surface area contributed by atoms with Gasteiger partial charge in [0.25, 0.3) is 0 Å². The lowest BCUT2D eigenvalue weighted by Crippen LogP contribution is -2.40. The summed E-state index contributed by atoms with van der Waals surface area (Å²) in [6.07, 6.45) is 3.29. The number of hydrogen-bond donors (Lipinski definition) is 0. The van der Waals surface area contributed by atoms with E-state index in [1.165, 1.54) is 0 Å². The highest BCUT2D eigenvalue weighted by Crippen LogP contribution is 2.36. The van der Waals surface area contributed by atoms with E-state index in [9.17, 15) is 8.96 Å². The number of halogens is 2. The Bertz CT molecular complexity index is 138. The van der Waals surface area contributed by atoms with Crippen molar-refractivity contribution in [2.24, 2.45) is 5.92 Å². The van der Waals surface area contributed by atoms with E-state index in [1.54, 1.807) is 6.92 Å². The van der Waals surface area contributed by atoms with Crippen molar-refractivity contribution in [1.29, 1.82) is 0 Å². The van der Waals surface area contributed by atoms with E-state index in [1.807, 2.05) is 6.92 Å². The summed E-state index contributed by atoms with van der Waals surface area (Å²) >= 11 is 0. The molecule has 1 aliphatic rings. The molecular weight excluding hydrogens is 148 g/mol. The van der Waals surface area contributed by atoms with Crippen LogP contribution in [0.5, 0.6) is 0 Å². The van der Waals surface area contributed by atoms with Crippen LogP contribution in [0.3, 0.4) is 0 Å². The van der Waals surface area contributed by atoms with Crippen molar-refractivity contribution in [2.75, 3.05) is 0 Å². The second-order valence-electron chi connectivity index (χ2n) is 3.93. The van der Waals surface area contributed by atoms with Crippen LogP contribution in [0.1, 0.15) is 39.5 Å². The Hall–Kier alpha value is -0.180. The number of nitrogens with zero attached hydrogens (tertiary/aromatic N) is 1. The quantitative estimate of drug-likeness (QED) is 0.537. The molecular formula is C8H15F2N. The van der Waals surface area contributed by atoms with Gasteiger partial charge in [0, 0.05) is 5.34 Å². The fraction of sp³-hybridized carbons (Fsp3) is 1.00. The van der Waals surface area contributed by atoms with Crippen LogP contribution >= 0.6 is 0 Å². The van der Waals surface area contributed by atoms with Crippen molar-refractivity contribution in [3.63, 3.8) is 0 Å². The predicted octanol–water partition coefficient (Wildman–Crippen LogP) is 3.03. The van der Waals surface area contributed by atoms with Crippen LogP contribution in [0.15, 0.2) is 0 Å². The van der Waals surface area contributed by atoms with Crippen LogP contribution in [0.25, 0.3) is 0 Å². The van der Waals surface area contributed by atoms with Crippen molar-refractivity contribution >= 4 is 0 Å². The van der Waals surface area contributed by atoms with Crippen molar-refractivity contribution in [3.8, 4) is 0 Å². The minimum absolute atomic E-state index is 0.447. The standard InChI is InChI=1S/C8H15F2N/c1-7-4-3-5-8(2,6-7)11(9)10/h7H,3-6H2,1-2H3. The summed E-state index contributed by atoms with van der Waals surface area (Å²) in [6, 6.07) is 0. The van der Waals surface area contributed by atoms with Gasteiger partial charge in [-0.1, -0.05) is 19.8 Å². The molecule has 1 fully saturated rings. The molecule has 0 N–H and O–H groups in total. The molecule has 0 bridgehead atoms. The minimum atomic E-state index is -0.850. The van der Waals surface area contributed by atoms with Gasteiger partial charge in [0.15, 0.2) is 0 Å². The van der Waals surface area contributed by atoms with Gasteiger partial charge in [-0.3, -0.25) is 0 Å². The monoisotopic (exact) mass is 163 g/mol. The van der Waals surface area contributed by atoms with E-state index in [0.717, 1.165) is 12.8 Å². The third-order valence-corrected chi connectivity index (χ3v) is 2.61. The Morgan fingerprint density at radius 1 is 1.45 bits per heavy atom. The fourth-order valence-electron chi connectivity index (χ4n) is 1.94. The Labute approximate surface area is 66.2 Å². The van der Waals surface area contributed by atoms with Crippen molar-refractivity contribution in [3.05, 3.63) is 0 Å². The third-order valence-electron chi connectivity index (χ3n) is 2.61. The van der Waals surface area contributed by atoms with Crippen LogP contribution in [0.2, 0.25) is 0 Å². The molecule has 0 saturated heterocycles. The smallest absolute Gasteiger partial charge is 0.0814 e. The van der Waals surface area contributed by atoms with Gasteiger partial charge in [0.05, 0.1) is 5.54 Å². The Morgan fingerprint density at radius 3 is 2.45 bits per heavy atom. The SMILES string of the molecule is CC1CCCC(C)(N(F)F)C1. The highest BCUT2D eigenvalue weighted by atomic mass is 19.4. The molecule has 2 atom stereocenters. The van der Waals surface area contributed by atoms with Crippen molar-refractivity contribution < 1.29 is 8.96 Å². The lowest BCUT2D eigenvalue weighted by Gasteiger charge is -2.36. The van der Waals surface area contributed by atoms with Gasteiger partial charge in [-0.15, -0.1) is 8.96 Å². The summed E-state index contributed by atoms with van der Waals surface area (Å²) in [5.41, 5.74) is -0.850. The summed E-state index contributed by atoms with van der Waals surface area (Å²) in [7, 11) is 0. The number of hydrogen-bond acceptors (Lipinski definition) is 1. The van der Waals surface area contributed by atoms with Crippen LogP contribution in [-0.4, -0.2) is 10.9 Å². The molecule has 0 aliphatic heterocycles. The van der Waals surface area contributed by atoms with Gasteiger partial charge >= 0.3 is 0 Å². The normalized spacial score (nSPS) is 39.5. The summed E-state index contributed by atoms with van der Waals surface area (Å²) in [5.74, 6) is 0.447. The molecule has 0 spiro atoms. The lowest BCUT2D eigenvalue weighted by atomic mass is 9.78. The molecule has 66 valence electrons. The maximum absolute atomic E-state index is 12.3. The maximum Gasteiger partial charge on any atom is 0.0814 e. The first-order chi connectivity index (χ1) is 5.04. The molecule has 1 aliphatic carbocycles. The van der Waals surface area contributed by atoms with Gasteiger partial charge in [-0.25, -0.2) is 0 Å². The first-order valence-corrected chi connectivity index (χ1v) is 4.16. The van der Waals surface area contributed by atoms with Gasteiger partial charge < -0.3 is 0 Å². The van der Waals surface area contributed by atoms with Crippen LogP contribution in [-0.2, 0) is 0 Å². The average molecular weight is 163 g/mol.